The van der Waals surface area contributed by atoms with E-state index in [1.807, 2.05) is 0 Å². The fraction of sp³-hybridized carbons (Fsp3) is 0.615. The summed E-state index contributed by atoms with van der Waals surface area (Å²) in [7, 11) is 0. The first kappa shape index (κ1) is 26.6. The monoisotopic (exact) mass is 444 g/mol. The summed E-state index contributed by atoms with van der Waals surface area (Å²) in [5.74, 6) is 0. The Bertz CT molecular complexity index is 451. The fourth-order valence-corrected chi connectivity index (χ4v) is 3.24. The summed E-state index contributed by atoms with van der Waals surface area (Å²) < 4.78 is 0. The van der Waals surface area contributed by atoms with Gasteiger partial charge in [-0.2, -0.15) is 46.5 Å². The molecule has 27 heavy (non-hydrogen) atoms. The van der Waals surface area contributed by atoms with Crippen molar-refractivity contribution in [1.29, 1.82) is 0 Å². The summed E-state index contributed by atoms with van der Waals surface area (Å²) in [6.07, 6.45) is 15.6. The molecule has 0 spiro atoms. The van der Waals surface area contributed by atoms with Gasteiger partial charge in [0.05, 0.1) is 0 Å². The molecule has 0 unspecified atom stereocenters. The molecule has 0 N–H and O–H groups in total. The van der Waals surface area contributed by atoms with Gasteiger partial charge >= 0.3 is 26.2 Å². The molecule has 2 rings (SSSR count). The SMILES string of the molecule is CCCCc1cc[c-](CCCC)c1.CCCCc1cc[c-](CCCC)c1.[Zr+2]. The second kappa shape index (κ2) is 17.7. The van der Waals surface area contributed by atoms with Gasteiger partial charge in [-0.1, -0.05) is 105 Å². The Morgan fingerprint density at radius 2 is 0.963 bits per heavy atom. The van der Waals surface area contributed by atoms with E-state index in [0.29, 0.717) is 0 Å². The zero-order chi connectivity index (χ0) is 19.0. The molecule has 0 atom stereocenters. The van der Waals surface area contributed by atoms with Gasteiger partial charge in [-0.25, -0.2) is 12.1 Å². The van der Waals surface area contributed by atoms with Gasteiger partial charge in [0.15, 0.2) is 0 Å². The minimum absolute atomic E-state index is 0. The summed E-state index contributed by atoms with van der Waals surface area (Å²) in [5, 5.41) is 0. The van der Waals surface area contributed by atoms with Crippen molar-refractivity contribution in [1.82, 2.24) is 0 Å². The van der Waals surface area contributed by atoms with E-state index in [1.54, 1.807) is 0 Å². The Morgan fingerprint density at radius 1 is 0.593 bits per heavy atom. The van der Waals surface area contributed by atoms with E-state index in [4.69, 9.17) is 0 Å². The molecule has 0 aromatic heterocycles. The maximum Gasteiger partial charge on any atom is 2.00 e. The zero-order valence-corrected chi connectivity index (χ0v) is 20.9. The van der Waals surface area contributed by atoms with Gasteiger partial charge in [-0.3, -0.25) is 0 Å². The van der Waals surface area contributed by atoms with Crippen LogP contribution in [0.5, 0.6) is 0 Å². The first-order valence-electron chi connectivity index (χ1n) is 11.2. The molecule has 0 saturated heterocycles. The summed E-state index contributed by atoms with van der Waals surface area (Å²) in [4.78, 5) is 0. The topological polar surface area (TPSA) is 0 Å². The minimum atomic E-state index is 0. The molecule has 2 aromatic carbocycles. The molecular weight excluding hydrogens is 404 g/mol. The molecule has 1 heteroatoms. The van der Waals surface area contributed by atoms with Crippen LogP contribution >= 0.6 is 0 Å². The van der Waals surface area contributed by atoms with Crippen LogP contribution in [0.3, 0.4) is 0 Å². The third kappa shape index (κ3) is 12.6. The molecule has 0 radical (unpaired) electrons. The second-order valence-electron chi connectivity index (χ2n) is 7.67. The minimum Gasteiger partial charge on any atom is -0.210 e. The molecule has 0 saturated carbocycles. The van der Waals surface area contributed by atoms with E-state index in [1.165, 1.54) is 99.3 Å². The number of aryl methyl sites for hydroxylation is 4. The van der Waals surface area contributed by atoms with Crippen LogP contribution in [0, 0.1) is 0 Å². The summed E-state index contributed by atoms with van der Waals surface area (Å²) in [5.41, 5.74) is 6.14. The van der Waals surface area contributed by atoms with Crippen molar-refractivity contribution in [3.63, 3.8) is 0 Å². The molecule has 0 amide bonds. The van der Waals surface area contributed by atoms with Gasteiger partial charge < -0.3 is 0 Å². The van der Waals surface area contributed by atoms with Gasteiger partial charge in [-0.05, 0) is 0 Å². The normalized spacial score (nSPS) is 10.2. The van der Waals surface area contributed by atoms with E-state index < -0.39 is 0 Å². The number of hydrogen-bond acceptors (Lipinski definition) is 0. The first-order chi connectivity index (χ1) is 12.7. The summed E-state index contributed by atoms with van der Waals surface area (Å²) in [6, 6.07) is 13.9. The molecular formula is C26H42Zr. The standard InChI is InChI=1S/2C13H21.Zr/c2*1-3-5-7-12-9-10-13(11-12)8-6-4-2;/h2*9-11H,3-8H2,1-2H3;/q2*-1;+2. The van der Waals surface area contributed by atoms with Crippen molar-refractivity contribution in [3.05, 3.63) is 58.7 Å². The number of hydrogen-bond donors (Lipinski definition) is 0. The molecule has 0 aliphatic rings. The molecule has 2 aromatic rings. The molecule has 0 fully saturated rings. The van der Waals surface area contributed by atoms with Gasteiger partial charge in [0.25, 0.3) is 0 Å². The van der Waals surface area contributed by atoms with Crippen molar-refractivity contribution in [2.45, 2.75) is 105 Å². The van der Waals surface area contributed by atoms with Crippen LogP contribution in [0.1, 0.15) is 101 Å². The average molecular weight is 446 g/mol. The van der Waals surface area contributed by atoms with Crippen molar-refractivity contribution >= 4 is 0 Å². The van der Waals surface area contributed by atoms with Crippen molar-refractivity contribution in [3.8, 4) is 0 Å². The number of rotatable bonds is 12. The van der Waals surface area contributed by atoms with Crippen LogP contribution < -0.4 is 0 Å². The molecule has 0 aliphatic heterocycles. The van der Waals surface area contributed by atoms with Crippen LogP contribution in [0.2, 0.25) is 0 Å². The van der Waals surface area contributed by atoms with Crippen LogP contribution in [-0.2, 0) is 51.9 Å². The van der Waals surface area contributed by atoms with Gasteiger partial charge in [0.1, 0.15) is 0 Å². The van der Waals surface area contributed by atoms with E-state index in [9.17, 15) is 0 Å². The van der Waals surface area contributed by atoms with Crippen molar-refractivity contribution in [2.24, 2.45) is 0 Å². The van der Waals surface area contributed by atoms with E-state index in [0.717, 1.165) is 0 Å². The Kier molecular flexibility index (Phi) is 17.4. The smallest absolute Gasteiger partial charge is 0.210 e. The van der Waals surface area contributed by atoms with Gasteiger partial charge in [0, 0.05) is 0 Å². The van der Waals surface area contributed by atoms with Crippen molar-refractivity contribution in [2.75, 3.05) is 0 Å². The van der Waals surface area contributed by atoms with E-state index in [2.05, 4.69) is 64.1 Å². The molecule has 0 heterocycles. The zero-order valence-electron chi connectivity index (χ0n) is 18.4. The molecule has 150 valence electrons. The summed E-state index contributed by atoms with van der Waals surface area (Å²) >= 11 is 0. The average Bonchev–Trinajstić information content (AvgIpc) is 3.31. The van der Waals surface area contributed by atoms with Crippen LogP contribution in [0.4, 0.5) is 0 Å². The Morgan fingerprint density at radius 3 is 1.30 bits per heavy atom. The van der Waals surface area contributed by atoms with Crippen molar-refractivity contribution < 1.29 is 26.2 Å². The Labute approximate surface area is 189 Å². The van der Waals surface area contributed by atoms with Crippen LogP contribution in [0.25, 0.3) is 0 Å². The quantitative estimate of drug-likeness (QED) is 0.289. The van der Waals surface area contributed by atoms with Crippen LogP contribution in [0.15, 0.2) is 36.4 Å². The predicted molar refractivity (Wildman–Crippen MR) is 119 cm³/mol. The van der Waals surface area contributed by atoms with Gasteiger partial charge in [-0.15, -0.1) is 0 Å². The number of unbranched alkanes of at least 4 members (excludes halogenated alkanes) is 4. The first-order valence-corrected chi connectivity index (χ1v) is 11.2. The fourth-order valence-electron chi connectivity index (χ4n) is 3.24. The molecule has 0 nitrogen and oxygen atoms in total. The van der Waals surface area contributed by atoms with Crippen LogP contribution in [-0.4, -0.2) is 0 Å². The molecule has 0 aliphatic carbocycles. The summed E-state index contributed by atoms with van der Waals surface area (Å²) in [6.45, 7) is 9.00. The Hall–Kier alpha value is -0.417. The largest absolute Gasteiger partial charge is 2.00 e. The third-order valence-electron chi connectivity index (χ3n) is 5.04. The van der Waals surface area contributed by atoms with E-state index in [-0.39, 0.29) is 26.2 Å². The second-order valence-corrected chi connectivity index (χ2v) is 7.67. The Balaban J connectivity index is 0.000000483. The predicted octanol–water partition coefficient (Wildman–Crippen LogP) is 8.18. The maximum atomic E-state index is 2.38. The molecule has 0 bridgehead atoms. The van der Waals surface area contributed by atoms with Gasteiger partial charge in [0.2, 0.25) is 0 Å². The third-order valence-corrected chi connectivity index (χ3v) is 5.04. The maximum absolute atomic E-state index is 2.38. The van der Waals surface area contributed by atoms with E-state index >= 15 is 0 Å².